The van der Waals surface area contributed by atoms with Gasteiger partial charge in [0.2, 0.25) is 5.91 Å². The van der Waals surface area contributed by atoms with Crippen LogP contribution in [0, 0.1) is 11.3 Å². The van der Waals surface area contributed by atoms with Crippen molar-refractivity contribution in [2.24, 2.45) is 0 Å². The average Bonchev–Trinajstić information content (AvgIpc) is 2.97. The molecule has 0 spiro atoms. The molecule has 0 saturated carbocycles. The van der Waals surface area contributed by atoms with Gasteiger partial charge in [0.25, 0.3) is 0 Å². The van der Waals surface area contributed by atoms with E-state index in [0.29, 0.717) is 11.2 Å². The number of nitrogens with zero attached hydrogens (tertiary/aromatic N) is 4. The number of fused-ring (bicyclic) bond motifs is 1. The smallest absolute Gasteiger partial charge is 0.217 e. The molecule has 0 bridgehead atoms. The summed E-state index contributed by atoms with van der Waals surface area (Å²) in [4.78, 5) is 15.4. The first-order valence-electron chi connectivity index (χ1n) is 7.20. The van der Waals surface area contributed by atoms with Gasteiger partial charge < -0.3 is 5.32 Å². The van der Waals surface area contributed by atoms with Crippen LogP contribution < -0.4 is 5.32 Å². The largest absolute Gasteiger partial charge is 0.350 e. The van der Waals surface area contributed by atoms with E-state index in [0.717, 1.165) is 16.8 Å². The quantitative estimate of drug-likeness (QED) is 0.805. The molecule has 114 valence electrons. The number of nitriles is 1. The molecule has 23 heavy (non-hydrogen) atoms. The Hall–Kier alpha value is -3.20. The van der Waals surface area contributed by atoms with Crippen LogP contribution in [0.25, 0.3) is 16.9 Å². The van der Waals surface area contributed by atoms with Crippen LogP contribution in [0.3, 0.4) is 0 Å². The number of carbonyl (C=O) groups excluding carboxylic acids is 1. The Morgan fingerprint density at radius 1 is 1.39 bits per heavy atom. The number of rotatable bonds is 3. The van der Waals surface area contributed by atoms with Gasteiger partial charge >= 0.3 is 0 Å². The third-order valence-electron chi connectivity index (χ3n) is 3.62. The molecule has 6 nitrogen and oxygen atoms in total. The molecule has 0 aliphatic carbocycles. The SMILES string of the molecule is CC(=O)NC(C)c1cccc(-c2ccnc3c(C#N)cnn23)c1. The summed E-state index contributed by atoms with van der Waals surface area (Å²) in [5.41, 5.74) is 3.75. The lowest BCUT2D eigenvalue weighted by Gasteiger charge is -2.14. The van der Waals surface area contributed by atoms with Crippen molar-refractivity contribution in [3.63, 3.8) is 0 Å². The van der Waals surface area contributed by atoms with Gasteiger partial charge in [0.15, 0.2) is 5.65 Å². The van der Waals surface area contributed by atoms with Gasteiger partial charge in [-0.2, -0.15) is 10.4 Å². The Bertz CT molecular complexity index is 922. The first kappa shape index (κ1) is 14.7. The van der Waals surface area contributed by atoms with Crippen molar-refractivity contribution in [3.05, 3.63) is 53.9 Å². The van der Waals surface area contributed by atoms with Crippen molar-refractivity contribution in [3.8, 4) is 17.3 Å². The molecule has 6 heteroatoms. The lowest BCUT2D eigenvalue weighted by atomic mass is 10.0. The van der Waals surface area contributed by atoms with Gasteiger partial charge in [-0.25, -0.2) is 9.50 Å². The molecule has 3 aromatic rings. The summed E-state index contributed by atoms with van der Waals surface area (Å²) in [7, 11) is 0. The molecule has 0 aliphatic rings. The lowest BCUT2D eigenvalue weighted by molar-refractivity contribution is -0.119. The highest BCUT2D eigenvalue weighted by Gasteiger charge is 2.12. The van der Waals surface area contributed by atoms with Crippen molar-refractivity contribution in [1.29, 1.82) is 5.26 Å². The number of hydrogen-bond donors (Lipinski definition) is 1. The number of amides is 1. The third kappa shape index (κ3) is 2.77. The molecule has 0 radical (unpaired) electrons. The highest BCUT2D eigenvalue weighted by Crippen LogP contribution is 2.24. The molecule has 2 heterocycles. The Morgan fingerprint density at radius 2 is 2.22 bits per heavy atom. The minimum atomic E-state index is -0.0860. The van der Waals surface area contributed by atoms with Gasteiger partial charge in [-0.05, 0) is 24.6 Å². The van der Waals surface area contributed by atoms with Gasteiger partial charge in [-0.1, -0.05) is 18.2 Å². The first-order valence-corrected chi connectivity index (χ1v) is 7.20. The Kier molecular flexibility index (Phi) is 3.77. The van der Waals surface area contributed by atoms with Crippen LogP contribution in [0.15, 0.2) is 42.7 Å². The summed E-state index contributed by atoms with van der Waals surface area (Å²) in [5.74, 6) is -0.0695. The summed E-state index contributed by atoms with van der Waals surface area (Å²) in [5, 5.41) is 16.2. The molecule has 0 fully saturated rings. The van der Waals surface area contributed by atoms with Crippen molar-refractivity contribution < 1.29 is 4.79 Å². The zero-order valence-corrected chi connectivity index (χ0v) is 12.8. The highest BCUT2D eigenvalue weighted by atomic mass is 16.1. The van der Waals surface area contributed by atoms with E-state index in [1.165, 1.54) is 13.1 Å². The molecular formula is C17H15N5O. The molecule has 3 rings (SSSR count). The molecule has 0 saturated heterocycles. The number of aromatic nitrogens is 3. The molecule has 1 atom stereocenters. The summed E-state index contributed by atoms with van der Waals surface area (Å²) in [6, 6.07) is 11.7. The normalized spacial score (nSPS) is 11.9. The molecule has 2 aromatic heterocycles. The van der Waals surface area contributed by atoms with Crippen LogP contribution in [0.5, 0.6) is 0 Å². The standard InChI is InChI=1S/C17H15N5O/c1-11(21-12(2)23)13-4-3-5-14(8-13)16-6-7-19-17-15(9-18)10-20-22(16)17/h3-8,10-11H,1-2H3,(H,21,23). The van der Waals surface area contributed by atoms with Crippen LogP contribution >= 0.6 is 0 Å². The van der Waals surface area contributed by atoms with Gasteiger partial charge in [-0.3, -0.25) is 4.79 Å². The monoisotopic (exact) mass is 305 g/mol. The fourth-order valence-electron chi connectivity index (χ4n) is 2.54. The fraction of sp³-hybridized carbons (Fsp3) is 0.176. The molecule has 1 unspecified atom stereocenters. The van der Waals surface area contributed by atoms with E-state index in [4.69, 9.17) is 5.26 Å². The topological polar surface area (TPSA) is 83.1 Å². The highest BCUT2D eigenvalue weighted by molar-refractivity contribution is 5.73. The van der Waals surface area contributed by atoms with Crippen LogP contribution in [0.1, 0.15) is 31.0 Å². The van der Waals surface area contributed by atoms with E-state index in [-0.39, 0.29) is 11.9 Å². The number of nitrogens with one attached hydrogen (secondary N) is 1. The summed E-state index contributed by atoms with van der Waals surface area (Å²) in [6.07, 6.45) is 3.17. The fourth-order valence-corrected chi connectivity index (χ4v) is 2.54. The van der Waals surface area contributed by atoms with Gasteiger partial charge in [-0.15, -0.1) is 0 Å². The van der Waals surface area contributed by atoms with Gasteiger partial charge in [0.1, 0.15) is 11.6 Å². The second-order valence-electron chi connectivity index (χ2n) is 5.28. The summed E-state index contributed by atoms with van der Waals surface area (Å²) < 4.78 is 1.65. The van der Waals surface area contributed by atoms with Crippen molar-refractivity contribution in [1.82, 2.24) is 19.9 Å². The minimum absolute atomic E-state index is 0.0695. The van der Waals surface area contributed by atoms with Crippen LogP contribution in [0.4, 0.5) is 0 Å². The average molecular weight is 305 g/mol. The Labute approximate surface area is 133 Å². The maximum absolute atomic E-state index is 11.2. The van der Waals surface area contributed by atoms with E-state index < -0.39 is 0 Å². The maximum Gasteiger partial charge on any atom is 0.217 e. The number of hydrogen-bond acceptors (Lipinski definition) is 4. The molecule has 1 amide bonds. The number of benzene rings is 1. The van der Waals surface area contributed by atoms with Gasteiger partial charge in [0.05, 0.1) is 17.9 Å². The number of carbonyl (C=O) groups is 1. The molecule has 0 aliphatic heterocycles. The Morgan fingerprint density at radius 3 is 2.96 bits per heavy atom. The van der Waals surface area contributed by atoms with E-state index in [1.807, 2.05) is 37.3 Å². The van der Waals surface area contributed by atoms with Crippen molar-refractivity contribution in [2.75, 3.05) is 0 Å². The third-order valence-corrected chi connectivity index (χ3v) is 3.62. The molecular weight excluding hydrogens is 290 g/mol. The summed E-state index contributed by atoms with van der Waals surface area (Å²) in [6.45, 7) is 3.43. The van der Waals surface area contributed by atoms with Gasteiger partial charge in [0, 0.05) is 18.7 Å². The zero-order valence-electron chi connectivity index (χ0n) is 12.8. The van der Waals surface area contributed by atoms with E-state index in [2.05, 4.69) is 21.5 Å². The van der Waals surface area contributed by atoms with E-state index in [9.17, 15) is 4.79 Å². The lowest BCUT2D eigenvalue weighted by Crippen LogP contribution is -2.23. The van der Waals surface area contributed by atoms with Crippen molar-refractivity contribution >= 4 is 11.6 Å². The second kappa shape index (κ2) is 5.89. The Balaban J connectivity index is 2.08. The first-order chi connectivity index (χ1) is 11.1. The van der Waals surface area contributed by atoms with E-state index in [1.54, 1.807) is 10.7 Å². The van der Waals surface area contributed by atoms with Crippen LogP contribution in [-0.2, 0) is 4.79 Å². The minimum Gasteiger partial charge on any atom is -0.350 e. The van der Waals surface area contributed by atoms with Crippen molar-refractivity contribution in [2.45, 2.75) is 19.9 Å². The molecule has 1 aromatic carbocycles. The molecule has 1 N–H and O–H groups in total. The predicted octanol–water partition coefficient (Wildman–Crippen LogP) is 2.47. The van der Waals surface area contributed by atoms with Crippen LogP contribution in [0.2, 0.25) is 0 Å². The predicted molar refractivity (Wildman–Crippen MR) is 85.4 cm³/mol. The van der Waals surface area contributed by atoms with Crippen LogP contribution in [-0.4, -0.2) is 20.5 Å². The van der Waals surface area contributed by atoms with E-state index >= 15 is 0 Å². The second-order valence-corrected chi connectivity index (χ2v) is 5.28. The zero-order chi connectivity index (χ0) is 16.4. The summed E-state index contributed by atoms with van der Waals surface area (Å²) >= 11 is 0. The maximum atomic E-state index is 11.2.